The van der Waals surface area contributed by atoms with Gasteiger partial charge in [-0.1, -0.05) is 206 Å². The van der Waals surface area contributed by atoms with E-state index >= 15 is 0 Å². The summed E-state index contributed by atoms with van der Waals surface area (Å²) < 4.78 is 32.7. The van der Waals surface area contributed by atoms with Crippen LogP contribution in [0.25, 0.3) is 0 Å². The molecule has 11 nitrogen and oxygen atoms in total. The number of unbranched alkanes of at least 4 members (excludes halogenated alkanes) is 30. The van der Waals surface area contributed by atoms with Crippen LogP contribution in [0.1, 0.15) is 232 Å². The molecule has 0 amide bonds. The van der Waals surface area contributed by atoms with Crippen LogP contribution in [-0.2, 0) is 37.5 Å². The lowest BCUT2D eigenvalue weighted by Gasteiger charge is -2.20. The second-order valence-electron chi connectivity index (χ2n) is 15.9. The van der Waals surface area contributed by atoms with Crippen molar-refractivity contribution in [1.29, 1.82) is 0 Å². The van der Waals surface area contributed by atoms with Crippen LogP contribution in [0.2, 0.25) is 0 Å². The van der Waals surface area contributed by atoms with Crippen molar-refractivity contribution in [2.75, 3.05) is 19.8 Å². The quantitative estimate of drug-likeness (QED) is 0.0303. The van der Waals surface area contributed by atoms with E-state index in [1.165, 1.54) is 154 Å². The molecule has 3 atom stereocenters. The Labute approximate surface area is 342 Å². The summed E-state index contributed by atoms with van der Waals surface area (Å²) in [4.78, 5) is 46.0. The van der Waals surface area contributed by atoms with Gasteiger partial charge in [0.15, 0.2) is 6.10 Å². The smallest absolute Gasteiger partial charge is 0.472 e. The molecule has 0 aromatic heterocycles. The van der Waals surface area contributed by atoms with Crippen molar-refractivity contribution < 1.29 is 47.5 Å². The second kappa shape index (κ2) is 40.3. The van der Waals surface area contributed by atoms with E-state index in [4.69, 9.17) is 24.8 Å². The Hall–Kier alpha value is -1.52. The van der Waals surface area contributed by atoms with Crippen molar-refractivity contribution in [2.24, 2.45) is 5.73 Å². The highest BCUT2D eigenvalue weighted by Crippen LogP contribution is 2.43. The number of nitrogens with two attached hydrogens (primary N) is 1. The molecule has 0 fully saturated rings. The Morgan fingerprint density at radius 1 is 0.482 bits per heavy atom. The molecule has 332 valence electrons. The van der Waals surface area contributed by atoms with Gasteiger partial charge in [0.2, 0.25) is 0 Å². The van der Waals surface area contributed by atoms with Gasteiger partial charge in [-0.2, -0.15) is 0 Å². The van der Waals surface area contributed by atoms with Crippen LogP contribution < -0.4 is 5.73 Å². The number of hydrogen-bond donors (Lipinski definition) is 3. The number of aliphatic carboxylic acids is 1. The Morgan fingerprint density at radius 2 is 0.786 bits per heavy atom. The van der Waals surface area contributed by atoms with E-state index < -0.39 is 51.1 Å². The van der Waals surface area contributed by atoms with Crippen LogP contribution in [0.15, 0.2) is 0 Å². The van der Waals surface area contributed by atoms with Gasteiger partial charge in [-0.3, -0.25) is 23.4 Å². The summed E-state index contributed by atoms with van der Waals surface area (Å²) in [6, 6.07) is -1.52. The van der Waals surface area contributed by atoms with Gasteiger partial charge in [0.1, 0.15) is 12.6 Å². The Bertz CT molecular complexity index is 968. The van der Waals surface area contributed by atoms with E-state index in [1.54, 1.807) is 0 Å². The van der Waals surface area contributed by atoms with Crippen molar-refractivity contribution in [3.8, 4) is 0 Å². The molecule has 0 aromatic carbocycles. The van der Waals surface area contributed by atoms with Crippen molar-refractivity contribution in [3.63, 3.8) is 0 Å². The van der Waals surface area contributed by atoms with Gasteiger partial charge in [0.05, 0.1) is 13.2 Å². The molecule has 1 unspecified atom stereocenters. The third-order valence-corrected chi connectivity index (χ3v) is 11.3. The van der Waals surface area contributed by atoms with E-state index in [0.717, 1.165) is 38.5 Å². The zero-order valence-corrected chi connectivity index (χ0v) is 36.9. The molecule has 0 radical (unpaired) electrons. The number of esters is 2. The number of carboxylic acids is 1. The number of rotatable bonds is 44. The summed E-state index contributed by atoms with van der Waals surface area (Å²) >= 11 is 0. The summed E-state index contributed by atoms with van der Waals surface area (Å²) in [5, 5.41) is 8.89. The molecule has 0 heterocycles. The highest BCUT2D eigenvalue weighted by atomic mass is 31.2. The number of carbonyl (C=O) groups excluding carboxylic acids is 2. The predicted octanol–water partition coefficient (Wildman–Crippen LogP) is 12.3. The van der Waals surface area contributed by atoms with Crippen LogP contribution in [-0.4, -0.2) is 59.9 Å². The van der Waals surface area contributed by atoms with Crippen molar-refractivity contribution in [1.82, 2.24) is 0 Å². The third-order valence-electron chi connectivity index (χ3n) is 10.4. The number of ether oxygens (including phenoxy) is 2. The number of phosphoric ester groups is 1. The van der Waals surface area contributed by atoms with E-state index in [1.807, 2.05) is 0 Å². The van der Waals surface area contributed by atoms with Crippen LogP contribution in [0.5, 0.6) is 0 Å². The SMILES string of the molecule is CCCCCCCCCCCCCCCCCCCCCC(=O)OC[C@H](COP(=O)(O)OC[C@H](N)C(=O)O)OC(=O)CCCCCCCCCCCCCCC. The van der Waals surface area contributed by atoms with Gasteiger partial charge < -0.3 is 25.2 Å². The third kappa shape index (κ3) is 39.3. The largest absolute Gasteiger partial charge is 0.480 e. The number of hydrogen-bond acceptors (Lipinski definition) is 9. The molecule has 0 saturated heterocycles. The monoisotopic (exact) mass is 820 g/mol. The van der Waals surface area contributed by atoms with Crippen molar-refractivity contribution in [3.05, 3.63) is 0 Å². The molecule has 56 heavy (non-hydrogen) atoms. The Kier molecular flexibility index (Phi) is 39.2. The fourth-order valence-electron chi connectivity index (χ4n) is 6.71. The minimum atomic E-state index is -4.71. The van der Waals surface area contributed by atoms with Gasteiger partial charge in [0, 0.05) is 12.8 Å². The van der Waals surface area contributed by atoms with Gasteiger partial charge in [0.25, 0.3) is 0 Å². The summed E-state index contributed by atoms with van der Waals surface area (Å²) in [6.07, 6.45) is 38.8. The van der Waals surface area contributed by atoms with Crippen LogP contribution in [0, 0.1) is 0 Å². The first-order chi connectivity index (χ1) is 27.1. The lowest BCUT2D eigenvalue weighted by molar-refractivity contribution is -0.161. The minimum Gasteiger partial charge on any atom is -0.480 e. The first kappa shape index (κ1) is 54.5. The highest BCUT2D eigenvalue weighted by molar-refractivity contribution is 7.47. The van der Waals surface area contributed by atoms with E-state index in [9.17, 15) is 23.8 Å². The van der Waals surface area contributed by atoms with Gasteiger partial charge >= 0.3 is 25.7 Å². The standard InChI is InChI=1S/C44H86NO10P/c1-3-5-7-9-11-13-15-17-18-19-20-21-22-24-25-27-29-31-33-35-42(46)52-37-40(38-53-56(50,51)54-39-41(45)44(48)49)55-43(47)36-34-32-30-28-26-23-16-14-12-10-8-6-4-2/h40-41H,3-39,45H2,1-2H3,(H,48,49)(H,50,51)/t40-,41+/m1/s1. The Morgan fingerprint density at radius 3 is 1.12 bits per heavy atom. The zero-order valence-electron chi connectivity index (χ0n) is 36.0. The molecular weight excluding hydrogens is 733 g/mol. The van der Waals surface area contributed by atoms with E-state index in [0.29, 0.717) is 12.8 Å². The molecule has 0 saturated carbocycles. The topological polar surface area (TPSA) is 172 Å². The van der Waals surface area contributed by atoms with Crippen LogP contribution in [0.4, 0.5) is 0 Å². The molecule has 0 bridgehead atoms. The van der Waals surface area contributed by atoms with Gasteiger partial charge in [-0.05, 0) is 12.8 Å². The summed E-state index contributed by atoms with van der Waals surface area (Å²) in [7, 11) is -4.71. The molecule has 0 aromatic rings. The molecule has 0 aliphatic rings. The predicted molar refractivity (Wildman–Crippen MR) is 227 cm³/mol. The molecule has 0 aliphatic carbocycles. The molecule has 0 rings (SSSR count). The summed E-state index contributed by atoms with van der Waals surface area (Å²) in [6.45, 7) is 2.84. The maximum Gasteiger partial charge on any atom is 0.472 e. The van der Waals surface area contributed by atoms with Crippen LogP contribution >= 0.6 is 7.82 Å². The van der Waals surface area contributed by atoms with Crippen molar-refractivity contribution >= 4 is 25.7 Å². The molecule has 12 heteroatoms. The van der Waals surface area contributed by atoms with Crippen molar-refractivity contribution in [2.45, 2.75) is 244 Å². The number of carboxylic acid groups (broad SMARTS) is 1. The lowest BCUT2D eigenvalue weighted by atomic mass is 10.0. The van der Waals surface area contributed by atoms with E-state index in [2.05, 4.69) is 18.4 Å². The fraction of sp³-hybridized carbons (Fsp3) is 0.932. The first-order valence-electron chi connectivity index (χ1n) is 23.1. The first-order valence-corrected chi connectivity index (χ1v) is 24.6. The fourth-order valence-corrected chi connectivity index (χ4v) is 7.49. The average Bonchev–Trinajstić information content (AvgIpc) is 3.17. The number of carbonyl (C=O) groups is 3. The van der Waals surface area contributed by atoms with Gasteiger partial charge in [-0.25, -0.2) is 4.57 Å². The molecule has 0 aliphatic heterocycles. The van der Waals surface area contributed by atoms with Crippen LogP contribution in [0.3, 0.4) is 0 Å². The summed E-state index contributed by atoms with van der Waals surface area (Å²) in [5.74, 6) is -2.36. The minimum absolute atomic E-state index is 0.169. The molecular formula is C44H86NO10P. The Balaban J connectivity index is 4.24. The molecule has 0 spiro atoms. The molecule has 4 N–H and O–H groups in total. The zero-order chi connectivity index (χ0) is 41.4. The maximum absolute atomic E-state index is 12.6. The van der Waals surface area contributed by atoms with E-state index in [-0.39, 0.29) is 19.4 Å². The number of phosphoric acid groups is 1. The van der Waals surface area contributed by atoms with Gasteiger partial charge in [-0.15, -0.1) is 0 Å². The summed E-state index contributed by atoms with van der Waals surface area (Å²) in [5.41, 5.74) is 5.34. The second-order valence-corrected chi connectivity index (χ2v) is 17.4. The lowest BCUT2D eigenvalue weighted by Crippen LogP contribution is -2.34. The normalized spacial score (nSPS) is 13.6. The maximum atomic E-state index is 12.6. The highest BCUT2D eigenvalue weighted by Gasteiger charge is 2.28. The average molecular weight is 820 g/mol.